The Labute approximate surface area is 214 Å². The van der Waals surface area contributed by atoms with Crippen LogP contribution in [0.1, 0.15) is 0 Å². The third-order valence-electron chi connectivity index (χ3n) is 6.33. The molecule has 38 heavy (non-hydrogen) atoms. The molecule has 0 spiro atoms. The lowest BCUT2D eigenvalue weighted by Crippen LogP contribution is -2.66. The van der Waals surface area contributed by atoms with Gasteiger partial charge in [-0.1, -0.05) is 0 Å². The molecule has 3 saturated heterocycles. The number of aliphatic hydroxyl groups is 10. The molecule has 20 heteroatoms. The Hall–Kier alpha value is -0.490. The van der Waals surface area contributed by atoms with E-state index in [1.807, 2.05) is 0 Å². The first-order valence-electron chi connectivity index (χ1n) is 11.3. The highest BCUT2D eigenvalue weighted by Crippen LogP contribution is 2.42. The van der Waals surface area contributed by atoms with Gasteiger partial charge in [-0.15, -0.1) is 0 Å². The molecule has 0 aromatic carbocycles. The molecular formula is C18H33O19P. The second kappa shape index (κ2) is 13.0. The summed E-state index contributed by atoms with van der Waals surface area (Å²) in [5.41, 5.74) is 0. The molecule has 3 rings (SSSR count). The van der Waals surface area contributed by atoms with Crippen LogP contribution >= 0.6 is 7.82 Å². The summed E-state index contributed by atoms with van der Waals surface area (Å²) in [5, 5.41) is 100. The summed E-state index contributed by atoms with van der Waals surface area (Å²) in [5.74, 6) is 0. The average molecular weight is 584 g/mol. The van der Waals surface area contributed by atoms with E-state index < -0.39 is 120 Å². The number of hydrogen-bond acceptors (Lipinski definition) is 17. The van der Waals surface area contributed by atoms with Crippen molar-refractivity contribution in [2.45, 2.75) is 92.1 Å². The van der Waals surface area contributed by atoms with Crippen LogP contribution in [0.3, 0.4) is 0 Å². The van der Waals surface area contributed by atoms with Gasteiger partial charge in [0.25, 0.3) is 0 Å². The number of phosphoric ester groups is 1. The van der Waals surface area contributed by atoms with Crippen molar-refractivity contribution in [2.24, 2.45) is 0 Å². The predicted octanol–water partition coefficient (Wildman–Crippen LogP) is -7.46. The van der Waals surface area contributed by atoms with Gasteiger partial charge in [0.05, 0.1) is 19.8 Å². The normalized spacial score (nSPS) is 48.7. The van der Waals surface area contributed by atoms with E-state index in [-0.39, 0.29) is 0 Å². The average Bonchev–Trinajstić information content (AvgIpc) is 2.86. The molecule has 12 N–H and O–H groups in total. The van der Waals surface area contributed by atoms with E-state index in [0.29, 0.717) is 0 Å². The number of hydrogen-bond donors (Lipinski definition) is 12. The second-order valence-electron chi connectivity index (χ2n) is 8.90. The van der Waals surface area contributed by atoms with Gasteiger partial charge in [-0.2, -0.15) is 0 Å². The summed E-state index contributed by atoms with van der Waals surface area (Å²) in [6.45, 7) is -2.63. The summed E-state index contributed by atoms with van der Waals surface area (Å²) in [6, 6.07) is 0. The van der Waals surface area contributed by atoms with Gasteiger partial charge in [-0.05, 0) is 0 Å². The first-order valence-corrected chi connectivity index (χ1v) is 12.9. The van der Waals surface area contributed by atoms with Crippen molar-refractivity contribution in [1.82, 2.24) is 0 Å². The van der Waals surface area contributed by atoms with E-state index in [1.165, 1.54) is 0 Å². The molecule has 3 heterocycles. The number of phosphoric acid groups is 1. The third-order valence-corrected chi connectivity index (χ3v) is 6.84. The van der Waals surface area contributed by atoms with Gasteiger partial charge in [0.1, 0.15) is 73.2 Å². The highest BCUT2D eigenvalue weighted by Gasteiger charge is 2.54. The van der Waals surface area contributed by atoms with Gasteiger partial charge < -0.3 is 84.5 Å². The fraction of sp³-hybridized carbons (Fsp3) is 1.00. The first kappa shape index (κ1) is 32.0. The summed E-state index contributed by atoms with van der Waals surface area (Å²) in [6.07, 6.45) is -27.4. The van der Waals surface area contributed by atoms with Crippen molar-refractivity contribution in [3.8, 4) is 0 Å². The molecule has 3 aliphatic heterocycles. The van der Waals surface area contributed by atoms with Crippen LogP contribution in [-0.2, 0) is 32.8 Å². The molecule has 0 radical (unpaired) electrons. The smallest absolute Gasteiger partial charge is 0.394 e. The Morgan fingerprint density at radius 1 is 0.553 bits per heavy atom. The van der Waals surface area contributed by atoms with Crippen molar-refractivity contribution in [3.63, 3.8) is 0 Å². The van der Waals surface area contributed by atoms with Crippen LogP contribution in [0.25, 0.3) is 0 Å². The Balaban J connectivity index is 1.79. The quantitative estimate of drug-likeness (QED) is 0.112. The van der Waals surface area contributed by atoms with Crippen LogP contribution in [0.5, 0.6) is 0 Å². The van der Waals surface area contributed by atoms with Crippen LogP contribution < -0.4 is 0 Å². The van der Waals surface area contributed by atoms with Gasteiger partial charge in [0.15, 0.2) is 18.9 Å². The Morgan fingerprint density at radius 2 is 1.00 bits per heavy atom. The molecule has 224 valence electrons. The monoisotopic (exact) mass is 584 g/mol. The lowest BCUT2D eigenvalue weighted by molar-refractivity contribution is -0.376. The number of ether oxygens (including phenoxy) is 5. The summed E-state index contributed by atoms with van der Waals surface area (Å²) >= 11 is 0. The Kier molecular flexibility index (Phi) is 11.0. The molecule has 1 unspecified atom stereocenters. The lowest BCUT2D eigenvalue weighted by atomic mass is 9.96. The van der Waals surface area contributed by atoms with Crippen molar-refractivity contribution in [1.29, 1.82) is 0 Å². The van der Waals surface area contributed by atoms with Crippen molar-refractivity contribution >= 4 is 7.82 Å². The zero-order chi connectivity index (χ0) is 28.5. The van der Waals surface area contributed by atoms with E-state index in [2.05, 4.69) is 4.52 Å². The summed E-state index contributed by atoms with van der Waals surface area (Å²) in [4.78, 5) is 18.4. The van der Waals surface area contributed by atoms with E-state index in [0.717, 1.165) is 0 Å². The number of rotatable bonds is 9. The van der Waals surface area contributed by atoms with Gasteiger partial charge in [-0.3, -0.25) is 4.52 Å². The van der Waals surface area contributed by atoms with Crippen LogP contribution in [0.4, 0.5) is 0 Å². The van der Waals surface area contributed by atoms with E-state index in [9.17, 15) is 65.4 Å². The largest absolute Gasteiger partial charge is 0.470 e. The minimum Gasteiger partial charge on any atom is -0.394 e. The maximum atomic E-state index is 11.4. The number of aliphatic hydroxyl groups excluding tert-OH is 10. The molecule has 19 nitrogen and oxygen atoms in total. The molecule has 0 amide bonds. The SMILES string of the molecule is O=P(O)(O)O[C@H]1[C@@H](O[C@H]2[C@H](O)[C@@H](O)[C@@H](O[C@H]3[C@H](O)[C@@H](O)C(O)O[C@@H]3CO)O[C@@H]2CO)O[C@H](CO)[C@@H](O)[C@@H]1O. The van der Waals surface area contributed by atoms with E-state index >= 15 is 0 Å². The van der Waals surface area contributed by atoms with Gasteiger partial charge in [0, 0.05) is 0 Å². The zero-order valence-electron chi connectivity index (χ0n) is 19.5. The van der Waals surface area contributed by atoms with Crippen molar-refractivity contribution < 1.29 is 93.6 Å². The van der Waals surface area contributed by atoms with Crippen LogP contribution in [0.2, 0.25) is 0 Å². The van der Waals surface area contributed by atoms with Crippen LogP contribution in [0, 0.1) is 0 Å². The second-order valence-corrected chi connectivity index (χ2v) is 10.1. The van der Waals surface area contributed by atoms with Crippen LogP contribution in [-0.4, -0.2) is 173 Å². The molecule has 0 aromatic heterocycles. The fourth-order valence-electron chi connectivity index (χ4n) is 4.31. The zero-order valence-corrected chi connectivity index (χ0v) is 20.3. The summed E-state index contributed by atoms with van der Waals surface area (Å²) < 4.78 is 42.3. The molecule has 0 aliphatic carbocycles. The van der Waals surface area contributed by atoms with E-state index in [4.69, 9.17) is 23.7 Å². The fourth-order valence-corrected chi connectivity index (χ4v) is 4.86. The molecular weight excluding hydrogens is 551 g/mol. The topological polar surface area (TPSA) is 315 Å². The Morgan fingerprint density at radius 3 is 1.53 bits per heavy atom. The van der Waals surface area contributed by atoms with Gasteiger partial charge in [-0.25, -0.2) is 4.57 Å². The first-order chi connectivity index (χ1) is 17.7. The molecule has 3 fully saturated rings. The van der Waals surface area contributed by atoms with Crippen molar-refractivity contribution in [3.05, 3.63) is 0 Å². The molecule has 0 bridgehead atoms. The predicted molar refractivity (Wildman–Crippen MR) is 112 cm³/mol. The molecule has 15 atom stereocenters. The summed E-state index contributed by atoms with van der Waals surface area (Å²) in [7, 11) is -5.32. The molecule has 0 aromatic rings. The van der Waals surface area contributed by atoms with Crippen molar-refractivity contribution in [2.75, 3.05) is 19.8 Å². The minimum atomic E-state index is -5.32. The standard InChI is InChI=1S/C18H33O19P/c19-1-4-7(22)8(23)15(37-38(29,30)31)18(33-4)36-14-6(3-21)34-17(12(27)10(14)25)35-13-5(2-20)32-16(28)11(26)9(13)24/h4-28H,1-3H2,(H2,29,30,31)/t4-,5-,6-,7-,8+,9-,10-,11-,12-,13-,14-,15-,16?,17-,18-/m1/s1. The highest BCUT2D eigenvalue weighted by atomic mass is 31.2. The molecule has 0 saturated carbocycles. The minimum absolute atomic E-state index is 0.813. The van der Waals surface area contributed by atoms with E-state index in [1.54, 1.807) is 0 Å². The maximum absolute atomic E-state index is 11.4. The highest BCUT2D eigenvalue weighted by molar-refractivity contribution is 7.46. The maximum Gasteiger partial charge on any atom is 0.470 e. The van der Waals surface area contributed by atoms with Gasteiger partial charge in [0.2, 0.25) is 0 Å². The van der Waals surface area contributed by atoms with Crippen LogP contribution in [0.15, 0.2) is 0 Å². The van der Waals surface area contributed by atoms with Gasteiger partial charge >= 0.3 is 7.82 Å². The lowest BCUT2D eigenvalue weighted by Gasteiger charge is -2.48. The molecule has 3 aliphatic rings. The Bertz CT molecular complexity index is 796. The third kappa shape index (κ3) is 6.86.